The Morgan fingerprint density at radius 1 is 1.00 bits per heavy atom. The molecule has 0 saturated carbocycles. The van der Waals surface area contributed by atoms with Crippen molar-refractivity contribution in [2.45, 2.75) is 6.18 Å². The molecule has 0 aliphatic heterocycles. The summed E-state index contributed by atoms with van der Waals surface area (Å²) in [5.74, 6) is -0.707. The lowest BCUT2D eigenvalue weighted by atomic mass is 10.0. The van der Waals surface area contributed by atoms with Gasteiger partial charge in [0.1, 0.15) is 0 Å². The van der Waals surface area contributed by atoms with Crippen LogP contribution in [0.4, 0.5) is 13.2 Å². The minimum absolute atomic E-state index is 0.148. The monoisotopic (exact) mass is 305 g/mol. The van der Waals surface area contributed by atoms with Crippen LogP contribution in [0.1, 0.15) is 16.7 Å². The van der Waals surface area contributed by atoms with Crippen molar-refractivity contribution < 1.29 is 23.4 Å². The van der Waals surface area contributed by atoms with Gasteiger partial charge in [-0.1, -0.05) is 12.1 Å². The lowest BCUT2D eigenvalue weighted by Crippen LogP contribution is -2.03. The summed E-state index contributed by atoms with van der Waals surface area (Å²) < 4.78 is 37.4. The molecule has 0 aromatic heterocycles. The second kappa shape index (κ2) is 5.82. The molecule has 0 atom stereocenters. The average Bonchev–Trinajstić information content (AvgIpc) is 2.47. The molecule has 0 aliphatic carbocycles. The number of phenolic OH excluding ortho intramolecular Hbond substituents is 2. The molecule has 0 fully saturated rings. The van der Waals surface area contributed by atoms with Crippen LogP contribution in [0, 0.1) is 11.3 Å². The smallest absolute Gasteiger partial charge is 0.416 e. The van der Waals surface area contributed by atoms with E-state index in [0.717, 1.165) is 12.1 Å². The van der Waals surface area contributed by atoms with Crippen molar-refractivity contribution in [2.24, 2.45) is 0 Å². The summed E-state index contributed by atoms with van der Waals surface area (Å²) in [7, 11) is 0. The van der Waals surface area contributed by atoms with Gasteiger partial charge < -0.3 is 10.2 Å². The van der Waals surface area contributed by atoms with E-state index in [0.29, 0.717) is 11.1 Å². The van der Waals surface area contributed by atoms with Gasteiger partial charge in [-0.15, -0.1) is 0 Å². The molecule has 2 rings (SSSR count). The number of rotatable bonds is 2. The third-order valence-electron chi connectivity index (χ3n) is 2.96. The first-order valence-corrected chi connectivity index (χ1v) is 6.12. The largest absolute Gasteiger partial charge is 0.504 e. The maximum absolute atomic E-state index is 12.5. The Balaban J connectivity index is 2.37. The van der Waals surface area contributed by atoms with Crippen LogP contribution in [0.5, 0.6) is 11.5 Å². The summed E-state index contributed by atoms with van der Waals surface area (Å²) in [5.41, 5.74) is 0.135. The van der Waals surface area contributed by atoms with Crippen LogP contribution < -0.4 is 0 Å². The van der Waals surface area contributed by atoms with E-state index in [4.69, 9.17) is 5.26 Å². The van der Waals surface area contributed by atoms with E-state index in [9.17, 15) is 23.4 Å². The zero-order valence-corrected chi connectivity index (χ0v) is 11.1. The number of hydrogen-bond acceptors (Lipinski definition) is 3. The van der Waals surface area contributed by atoms with Gasteiger partial charge in [-0.05, 0) is 47.5 Å². The van der Waals surface area contributed by atoms with Crippen molar-refractivity contribution in [3.8, 4) is 17.6 Å². The number of allylic oxidation sites excluding steroid dienone is 1. The molecule has 112 valence electrons. The lowest BCUT2D eigenvalue weighted by Gasteiger charge is -2.06. The van der Waals surface area contributed by atoms with Crippen LogP contribution in [-0.4, -0.2) is 10.2 Å². The van der Waals surface area contributed by atoms with Gasteiger partial charge in [-0.25, -0.2) is 0 Å². The zero-order chi connectivity index (χ0) is 16.3. The second-order valence-electron chi connectivity index (χ2n) is 4.49. The first-order chi connectivity index (χ1) is 10.3. The number of phenols is 2. The van der Waals surface area contributed by atoms with Gasteiger partial charge >= 0.3 is 6.18 Å². The first-order valence-electron chi connectivity index (χ1n) is 6.12. The summed E-state index contributed by atoms with van der Waals surface area (Å²) in [6.45, 7) is 0. The van der Waals surface area contributed by atoms with Gasteiger partial charge in [0.25, 0.3) is 0 Å². The van der Waals surface area contributed by atoms with Crippen LogP contribution >= 0.6 is 0 Å². The van der Waals surface area contributed by atoms with Crippen molar-refractivity contribution in [1.82, 2.24) is 0 Å². The zero-order valence-electron chi connectivity index (χ0n) is 11.1. The van der Waals surface area contributed by atoms with Crippen molar-refractivity contribution in [2.75, 3.05) is 0 Å². The number of benzene rings is 2. The number of hydrogen-bond donors (Lipinski definition) is 2. The fourth-order valence-electron chi connectivity index (χ4n) is 1.81. The van der Waals surface area contributed by atoms with Gasteiger partial charge in [-0.2, -0.15) is 18.4 Å². The molecule has 0 radical (unpaired) electrons. The van der Waals surface area contributed by atoms with E-state index in [1.807, 2.05) is 6.07 Å². The van der Waals surface area contributed by atoms with Crippen molar-refractivity contribution in [3.63, 3.8) is 0 Å². The molecule has 22 heavy (non-hydrogen) atoms. The van der Waals surface area contributed by atoms with Crippen LogP contribution in [0.2, 0.25) is 0 Å². The number of halogens is 3. The van der Waals surface area contributed by atoms with E-state index < -0.39 is 11.7 Å². The van der Waals surface area contributed by atoms with Crippen molar-refractivity contribution >= 4 is 11.6 Å². The summed E-state index contributed by atoms with van der Waals surface area (Å²) in [4.78, 5) is 0. The van der Waals surface area contributed by atoms with E-state index in [1.54, 1.807) is 0 Å². The highest BCUT2D eigenvalue weighted by Crippen LogP contribution is 2.31. The molecule has 0 spiro atoms. The maximum Gasteiger partial charge on any atom is 0.416 e. The highest BCUT2D eigenvalue weighted by Gasteiger charge is 2.29. The lowest BCUT2D eigenvalue weighted by molar-refractivity contribution is -0.137. The fourth-order valence-corrected chi connectivity index (χ4v) is 1.81. The molecule has 0 saturated heterocycles. The fraction of sp³-hybridized carbons (Fsp3) is 0.0625. The van der Waals surface area contributed by atoms with Crippen LogP contribution in [0.3, 0.4) is 0 Å². The predicted molar refractivity (Wildman–Crippen MR) is 74.7 cm³/mol. The van der Waals surface area contributed by atoms with Gasteiger partial charge in [0.2, 0.25) is 0 Å². The quantitative estimate of drug-likeness (QED) is 0.497. The second-order valence-corrected chi connectivity index (χ2v) is 4.49. The van der Waals surface area contributed by atoms with Gasteiger partial charge in [0.05, 0.1) is 17.2 Å². The summed E-state index contributed by atoms with van der Waals surface area (Å²) in [6, 6.07) is 10.1. The molecule has 3 nitrogen and oxygen atoms in total. The van der Waals surface area contributed by atoms with Gasteiger partial charge in [-0.3, -0.25) is 0 Å². The molecule has 0 amide bonds. The Labute approximate surface area is 124 Å². The van der Waals surface area contributed by atoms with Crippen molar-refractivity contribution in [1.29, 1.82) is 5.26 Å². The highest BCUT2D eigenvalue weighted by atomic mass is 19.4. The molecule has 0 aliphatic rings. The maximum atomic E-state index is 12.5. The minimum atomic E-state index is -4.41. The highest BCUT2D eigenvalue weighted by molar-refractivity contribution is 5.90. The Morgan fingerprint density at radius 3 is 2.14 bits per heavy atom. The third-order valence-corrected chi connectivity index (χ3v) is 2.96. The molecular weight excluding hydrogens is 295 g/mol. The average molecular weight is 305 g/mol. The van der Waals surface area contributed by atoms with Crippen LogP contribution in [-0.2, 0) is 6.18 Å². The van der Waals surface area contributed by atoms with Gasteiger partial charge in [0.15, 0.2) is 11.5 Å². The molecule has 2 aromatic carbocycles. The van der Waals surface area contributed by atoms with E-state index in [-0.39, 0.29) is 17.1 Å². The Hall–Kier alpha value is -2.94. The van der Waals surface area contributed by atoms with Crippen molar-refractivity contribution in [3.05, 3.63) is 59.2 Å². The van der Waals surface area contributed by atoms with Crippen LogP contribution in [0.25, 0.3) is 11.6 Å². The predicted octanol–water partition coefficient (Wildman–Crippen LogP) is 4.18. The first kappa shape index (κ1) is 15.4. The summed E-state index contributed by atoms with van der Waals surface area (Å²) >= 11 is 0. The van der Waals surface area contributed by atoms with E-state index >= 15 is 0 Å². The minimum Gasteiger partial charge on any atom is -0.504 e. The summed E-state index contributed by atoms with van der Waals surface area (Å²) in [6.07, 6.45) is -3.02. The van der Waals surface area contributed by atoms with Gasteiger partial charge in [0, 0.05) is 0 Å². The molecule has 0 heterocycles. The Kier molecular flexibility index (Phi) is 4.08. The standard InChI is InChI=1S/C16H10F3NO2/c17-16(18,19)13-4-1-10(2-5-13)7-12(9-20)11-3-6-14(21)15(22)8-11/h1-8,21-22H. The normalized spacial score (nSPS) is 12.0. The SMILES string of the molecule is N#CC(=Cc1ccc(C(F)(F)F)cc1)c1ccc(O)c(O)c1. The molecular formula is C16H10F3NO2. The molecule has 0 unspecified atom stereocenters. The van der Waals surface area contributed by atoms with E-state index in [1.165, 1.54) is 36.4 Å². The third kappa shape index (κ3) is 3.38. The molecule has 2 N–H and O–H groups in total. The molecule has 0 bridgehead atoms. The topological polar surface area (TPSA) is 64.2 Å². The number of alkyl halides is 3. The number of aromatic hydroxyl groups is 2. The van der Waals surface area contributed by atoms with Crippen LogP contribution in [0.15, 0.2) is 42.5 Å². The summed E-state index contributed by atoms with van der Waals surface area (Å²) in [5, 5.41) is 27.8. The Morgan fingerprint density at radius 2 is 1.64 bits per heavy atom. The molecule has 2 aromatic rings. The number of nitrogens with zero attached hydrogens (tertiary/aromatic N) is 1. The Bertz CT molecular complexity index is 756. The number of nitriles is 1. The molecule has 6 heteroatoms. The van der Waals surface area contributed by atoms with E-state index in [2.05, 4.69) is 0 Å².